The predicted octanol–water partition coefficient (Wildman–Crippen LogP) is 4.36. The number of hydrogen-bond donors (Lipinski definition) is 14. The molecule has 0 aromatic heterocycles. The summed E-state index contributed by atoms with van der Waals surface area (Å²) in [4.78, 5) is 154. The highest BCUT2D eigenvalue weighted by atomic mass is 33.1. The lowest BCUT2D eigenvalue weighted by molar-refractivity contribution is -0.436. The minimum absolute atomic E-state index is 0.0258. The highest BCUT2D eigenvalue weighted by Crippen LogP contribution is 2.51. The molecule has 5 aromatic rings. The van der Waals surface area contributed by atoms with E-state index >= 15 is 0 Å². The number of carboxylic acids is 3. The van der Waals surface area contributed by atoms with Gasteiger partial charge in [-0.15, -0.1) is 0 Å². The summed E-state index contributed by atoms with van der Waals surface area (Å²) in [6.45, 7) is 8.82. The van der Waals surface area contributed by atoms with Crippen LogP contribution in [0.1, 0.15) is 94.9 Å². The van der Waals surface area contributed by atoms with E-state index in [-0.39, 0.29) is 82.6 Å². The second kappa shape index (κ2) is 36.4. The number of hydrogen-bond acceptors (Lipinski definition) is 16. The number of nitrogens with zero attached hydrogens (tertiary/aromatic N) is 3. The number of carboxylic acid groups (broad SMARTS) is 3. The van der Waals surface area contributed by atoms with E-state index in [4.69, 9.17) is 11.1 Å². The number of carbonyl (C=O) groups excluding carboxylic acids is 8. The van der Waals surface area contributed by atoms with Gasteiger partial charge < -0.3 is 78.5 Å². The number of aryl methyl sites for hydroxylation is 1. The SMILES string of the molecule is Cc1ccc(C[C@H](NC(=O)[C@@H]2CSSC[C@@H](NC(=O)CCN3/C(=C/C=C/C=C/C=C/C4=[N+](CCC(=O)O)c5ccc6ccccc6c5C4(C)C)C(C)(C)c4c3ccc3ccccc43)C(=O)NCC(=O)N[C@@H](CCCNC(=N)N)C(=O)N[C@@H](CC(=O)O)C(=O)N[C@@H](CO)C(=O)N3CCC[C@H]3C(=O)N2)C(=O)O)cc1. The molecule has 8 amide bonds. The number of carbonyl (C=O) groups is 11. The van der Waals surface area contributed by atoms with Crippen molar-refractivity contribution in [1.29, 1.82) is 5.41 Å². The number of amides is 8. The fraction of sp³-hybridized carbons (Fsp3) is 0.390. The van der Waals surface area contributed by atoms with E-state index in [0.29, 0.717) is 5.56 Å². The Kier molecular flexibility index (Phi) is 27.3. The molecule has 28 nitrogen and oxygen atoms in total. The fourth-order valence-corrected chi connectivity index (χ4v) is 16.3. The number of nitrogens with two attached hydrogens (primary N) is 1. The minimum Gasteiger partial charge on any atom is -0.481 e. The van der Waals surface area contributed by atoms with Crippen molar-refractivity contribution in [3.8, 4) is 0 Å². The molecule has 5 aromatic carbocycles. The third kappa shape index (κ3) is 20.2. The maximum Gasteiger partial charge on any atom is 0.326 e. The molecule has 4 heterocycles. The lowest BCUT2D eigenvalue weighted by Gasteiger charge is -2.30. The van der Waals surface area contributed by atoms with Crippen LogP contribution >= 0.6 is 21.6 Å². The molecule has 107 heavy (non-hydrogen) atoms. The van der Waals surface area contributed by atoms with Crippen molar-refractivity contribution in [2.75, 3.05) is 55.7 Å². The van der Waals surface area contributed by atoms with Crippen LogP contribution in [0.4, 0.5) is 11.4 Å². The van der Waals surface area contributed by atoms with E-state index in [2.05, 4.69) is 104 Å². The second-order valence-corrected chi connectivity index (χ2v) is 30.2. The zero-order chi connectivity index (χ0) is 77.3. The molecule has 4 aliphatic heterocycles. The first-order chi connectivity index (χ1) is 51.1. The first kappa shape index (κ1) is 80.3. The van der Waals surface area contributed by atoms with Gasteiger partial charge in [-0.1, -0.05) is 150 Å². The maximum atomic E-state index is 14.6. The summed E-state index contributed by atoms with van der Waals surface area (Å²) >= 11 is 0. The molecule has 9 rings (SSSR count). The highest BCUT2D eigenvalue weighted by molar-refractivity contribution is 8.76. The van der Waals surface area contributed by atoms with Crippen molar-refractivity contribution < 1.29 is 77.7 Å². The second-order valence-electron chi connectivity index (χ2n) is 27.6. The molecular formula is C77H92N13O15S2+. The van der Waals surface area contributed by atoms with Crippen molar-refractivity contribution in [2.24, 2.45) is 5.73 Å². The summed E-state index contributed by atoms with van der Waals surface area (Å²) in [6, 6.07) is 20.3. The smallest absolute Gasteiger partial charge is 0.326 e. The summed E-state index contributed by atoms with van der Waals surface area (Å²) in [7, 11) is 1.97. The maximum absolute atomic E-state index is 14.6. The van der Waals surface area contributed by atoms with E-state index in [1.807, 2.05) is 98.0 Å². The summed E-state index contributed by atoms with van der Waals surface area (Å²) < 4.78 is 2.08. The molecule has 0 aliphatic carbocycles. The molecule has 30 heteroatoms. The van der Waals surface area contributed by atoms with E-state index in [0.717, 1.165) is 87.5 Å². The highest BCUT2D eigenvalue weighted by Gasteiger charge is 2.47. The van der Waals surface area contributed by atoms with Crippen LogP contribution in [0.25, 0.3) is 21.5 Å². The van der Waals surface area contributed by atoms with E-state index in [1.165, 1.54) is 0 Å². The molecule has 0 bridgehead atoms. The van der Waals surface area contributed by atoms with Crippen LogP contribution in [0, 0.1) is 12.3 Å². The summed E-state index contributed by atoms with van der Waals surface area (Å²) in [5.41, 5.74) is 11.6. The van der Waals surface area contributed by atoms with Gasteiger partial charge in [0.15, 0.2) is 18.2 Å². The van der Waals surface area contributed by atoms with Crippen molar-refractivity contribution >= 4 is 131 Å². The number of rotatable bonds is 23. The Morgan fingerprint density at radius 3 is 2.07 bits per heavy atom. The van der Waals surface area contributed by atoms with Crippen molar-refractivity contribution in [3.05, 3.63) is 168 Å². The number of anilines is 1. The third-order valence-electron chi connectivity index (χ3n) is 19.3. The summed E-state index contributed by atoms with van der Waals surface area (Å²) in [6.07, 6.45) is 12.2. The van der Waals surface area contributed by atoms with E-state index < -0.39 is 144 Å². The van der Waals surface area contributed by atoms with Gasteiger partial charge in [-0.3, -0.25) is 53.4 Å². The van der Waals surface area contributed by atoms with Gasteiger partial charge >= 0.3 is 17.9 Å². The van der Waals surface area contributed by atoms with Crippen molar-refractivity contribution in [1.82, 2.24) is 47.4 Å². The summed E-state index contributed by atoms with van der Waals surface area (Å²) in [5.74, 6) is -12.3. The molecule has 2 fully saturated rings. The fourth-order valence-electron chi connectivity index (χ4n) is 14.0. The Morgan fingerprint density at radius 2 is 1.38 bits per heavy atom. The van der Waals surface area contributed by atoms with E-state index in [9.17, 15) is 73.2 Å². The Labute approximate surface area is 626 Å². The van der Waals surface area contributed by atoms with Crippen LogP contribution in [0.15, 0.2) is 145 Å². The number of nitrogens with one attached hydrogen (secondary N) is 9. The zero-order valence-electron chi connectivity index (χ0n) is 60.1. The third-order valence-corrected chi connectivity index (χ3v) is 21.7. The summed E-state index contributed by atoms with van der Waals surface area (Å²) in [5, 5.41) is 72.6. The first-order valence-electron chi connectivity index (χ1n) is 35.3. The molecule has 15 N–H and O–H groups in total. The molecule has 4 aliphatic rings. The number of fused-ring (bicyclic) bond motifs is 7. The molecule has 0 unspecified atom stereocenters. The van der Waals surface area contributed by atoms with Crippen LogP contribution in [-0.2, 0) is 70.0 Å². The topological polar surface area (TPSA) is 424 Å². The Hall–Kier alpha value is -10.8. The van der Waals surface area contributed by atoms with Crippen molar-refractivity contribution in [3.63, 3.8) is 0 Å². The van der Waals surface area contributed by atoms with Crippen LogP contribution < -0.4 is 53.2 Å². The molecule has 0 spiro atoms. The molecule has 0 saturated carbocycles. The monoisotopic (exact) mass is 1500 g/mol. The predicted molar refractivity (Wildman–Crippen MR) is 409 cm³/mol. The zero-order valence-corrected chi connectivity index (χ0v) is 61.8. The van der Waals surface area contributed by atoms with Gasteiger partial charge in [-0.05, 0) is 97.3 Å². The van der Waals surface area contributed by atoms with E-state index in [1.54, 1.807) is 24.3 Å². The van der Waals surface area contributed by atoms with Crippen LogP contribution in [0.2, 0.25) is 0 Å². The molecular weight excluding hydrogens is 1410 g/mol. The number of guanidine groups is 1. The van der Waals surface area contributed by atoms with Crippen molar-refractivity contribution in [2.45, 2.75) is 139 Å². The number of aliphatic carboxylic acids is 3. The Morgan fingerprint density at radius 1 is 0.729 bits per heavy atom. The van der Waals surface area contributed by atoms with Crippen LogP contribution in [0.5, 0.6) is 0 Å². The van der Waals surface area contributed by atoms with Gasteiger partial charge in [0.1, 0.15) is 48.7 Å². The quantitative estimate of drug-likeness (QED) is 0.0108. The number of aliphatic hydroxyl groups excluding tert-OH is 1. The Bertz CT molecular complexity index is 4420. The lowest BCUT2D eigenvalue weighted by atomic mass is 9.79. The van der Waals surface area contributed by atoms with Gasteiger partial charge in [0.25, 0.3) is 0 Å². The number of allylic oxidation sites excluding steroid dienone is 8. The molecule has 7 atom stereocenters. The first-order valence-corrected chi connectivity index (χ1v) is 37.8. The Balaban J connectivity index is 0.986. The largest absolute Gasteiger partial charge is 0.481 e. The molecule has 2 saturated heterocycles. The van der Waals surface area contributed by atoms with Gasteiger partial charge in [-0.2, -0.15) is 4.58 Å². The average Bonchev–Trinajstić information content (AvgIpc) is 1.58. The average molecular weight is 1500 g/mol. The van der Waals surface area contributed by atoms with Gasteiger partial charge in [0, 0.05) is 78.5 Å². The standard InChI is InChI=1S/C77H91N13O15S2/c1-45-25-27-46(28-26-45)39-53(74(104)105)85-71(101)56-44-107-106-43-55(68(98)81-41-63(93)82-51(21-15-35-80-75(78)79)69(99)84-52(40-65(96)97)70(100)86-54(42-91)73(103)90-36-16-22-59(90)72(102)87-56)83-62(92)33-37-88-57-31-29-47-17-11-13-19-49(47)66(57)76(2,3)60(88)23-9-7-6-8-10-24-61-77(4,5)67-50-20-14-12-18-48(50)30-32-58(67)89(61)38-34-64(94)95/h6-14,17-20,23-32,51-56,59,91H,15-16,21-22,33-44H2,1-5H3,(H13-,78,79,80,81,82,83,84,85,86,87,92,93,94,95,96,97,98,99,100,101,102,104,105)/p+1/t51-,52-,53-,54-,55+,56-,59-/m0/s1. The minimum atomic E-state index is -1.92. The van der Waals surface area contributed by atoms with Crippen LogP contribution in [0.3, 0.4) is 0 Å². The number of aliphatic hydroxyl groups is 1. The number of benzene rings is 5. The van der Waals surface area contributed by atoms with Crippen LogP contribution in [-0.4, -0.2) is 200 Å². The van der Waals surface area contributed by atoms with Gasteiger partial charge in [-0.25, -0.2) is 4.79 Å². The lowest BCUT2D eigenvalue weighted by Crippen LogP contribution is -2.60. The molecule has 566 valence electrons. The van der Waals surface area contributed by atoms with Gasteiger partial charge in [0.2, 0.25) is 52.9 Å². The normalized spacial score (nSPS) is 21.7. The van der Waals surface area contributed by atoms with Gasteiger partial charge in [0.05, 0.1) is 25.0 Å². The molecule has 0 radical (unpaired) electrons.